The second-order valence-corrected chi connectivity index (χ2v) is 7.33. The summed E-state index contributed by atoms with van der Waals surface area (Å²) in [5.74, 6) is -2.23. The molecule has 0 spiro atoms. The third-order valence-corrected chi connectivity index (χ3v) is 4.94. The predicted molar refractivity (Wildman–Crippen MR) is 101 cm³/mol. The fraction of sp³-hybridized carbons (Fsp3) is 0.333. The molecular formula is C21H22F2N2O4. The summed E-state index contributed by atoms with van der Waals surface area (Å²) in [6.07, 6.45) is -1.13. The molecule has 0 bridgehead atoms. The lowest BCUT2D eigenvalue weighted by Crippen LogP contribution is -2.43. The SMILES string of the molecule is Cc1ccc(C)c(OCC(O)CN2C(=O)NC(C)(c3ccc(F)c(F)c3)C2=O)c1. The molecule has 3 amide bonds. The molecule has 1 aliphatic rings. The van der Waals surface area contributed by atoms with Crippen molar-refractivity contribution in [3.05, 3.63) is 64.7 Å². The highest BCUT2D eigenvalue weighted by atomic mass is 19.2. The number of hydrogen-bond acceptors (Lipinski definition) is 4. The van der Waals surface area contributed by atoms with Crippen molar-refractivity contribution in [3.8, 4) is 5.75 Å². The van der Waals surface area contributed by atoms with Crippen LogP contribution in [0.15, 0.2) is 36.4 Å². The van der Waals surface area contributed by atoms with E-state index < -0.39 is 35.2 Å². The van der Waals surface area contributed by atoms with Gasteiger partial charge in [0, 0.05) is 0 Å². The van der Waals surface area contributed by atoms with E-state index in [0.29, 0.717) is 5.75 Å². The van der Waals surface area contributed by atoms with E-state index >= 15 is 0 Å². The highest BCUT2D eigenvalue weighted by Crippen LogP contribution is 2.30. The summed E-state index contributed by atoms with van der Waals surface area (Å²) in [6, 6.07) is 7.93. The maximum atomic E-state index is 13.6. The standard InChI is InChI=1S/C21H22F2N2O4/c1-12-4-5-13(2)18(8-12)29-11-15(26)10-25-19(27)21(3,24-20(25)28)14-6-7-16(22)17(23)9-14/h4-9,15,26H,10-11H2,1-3H3,(H,24,28). The van der Waals surface area contributed by atoms with Crippen LogP contribution in [0.4, 0.5) is 13.6 Å². The number of imide groups is 1. The second-order valence-electron chi connectivity index (χ2n) is 7.33. The Morgan fingerprint density at radius 2 is 1.86 bits per heavy atom. The highest BCUT2D eigenvalue weighted by Gasteiger charge is 2.49. The summed E-state index contributed by atoms with van der Waals surface area (Å²) in [5, 5.41) is 12.8. The maximum Gasteiger partial charge on any atom is 0.325 e. The van der Waals surface area contributed by atoms with Crippen LogP contribution in [-0.4, -0.2) is 41.2 Å². The zero-order valence-electron chi connectivity index (χ0n) is 16.3. The summed E-state index contributed by atoms with van der Waals surface area (Å²) in [7, 11) is 0. The van der Waals surface area contributed by atoms with Crippen LogP contribution in [0.2, 0.25) is 0 Å². The number of aryl methyl sites for hydroxylation is 2. The van der Waals surface area contributed by atoms with Gasteiger partial charge in [0.05, 0.1) is 6.54 Å². The van der Waals surface area contributed by atoms with Crippen LogP contribution < -0.4 is 10.1 Å². The minimum atomic E-state index is -1.56. The van der Waals surface area contributed by atoms with E-state index in [9.17, 15) is 23.5 Å². The van der Waals surface area contributed by atoms with Crippen molar-refractivity contribution in [1.29, 1.82) is 0 Å². The monoisotopic (exact) mass is 404 g/mol. The van der Waals surface area contributed by atoms with E-state index in [2.05, 4.69) is 5.32 Å². The van der Waals surface area contributed by atoms with E-state index in [-0.39, 0.29) is 18.7 Å². The van der Waals surface area contributed by atoms with Crippen LogP contribution in [0.5, 0.6) is 5.75 Å². The number of nitrogens with zero attached hydrogens (tertiary/aromatic N) is 1. The van der Waals surface area contributed by atoms with Crippen LogP contribution in [-0.2, 0) is 10.3 Å². The molecular weight excluding hydrogens is 382 g/mol. The van der Waals surface area contributed by atoms with Crippen LogP contribution in [0.25, 0.3) is 0 Å². The largest absolute Gasteiger partial charge is 0.491 e. The number of benzene rings is 2. The number of carbonyl (C=O) groups is 2. The van der Waals surface area contributed by atoms with Gasteiger partial charge in [-0.05, 0) is 55.7 Å². The van der Waals surface area contributed by atoms with Crippen molar-refractivity contribution < 1.29 is 28.2 Å². The first-order chi connectivity index (χ1) is 13.6. The Bertz CT molecular complexity index is 966. The lowest BCUT2D eigenvalue weighted by molar-refractivity contribution is -0.132. The van der Waals surface area contributed by atoms with Gasteiger partial charge in [0.15, 0.2) is 11.6 Å². The van der Waals surface area contributed by atoms with E-state index in [1.165, 1.54) is 13.0 Å². The minimum absolute atomic E-state index is 0.110. The number of nitrogens with one attached hydrogen (secondary N) is 1. The Morgan fingerprint density at radius 3 is 2.55 bits per heavy atom. The first kappa shape index (κ1) is 20.7. The number of aliphatic hydroxyl groups excluding tert-OH is 1. The number of halogens is 2. The molecule has 2 aromatic rings. The molecule has 0 saturated carbocycles. The number of carbonyl (C=O) groups excluding carboxylic acids is 2. The first-order valence-electron chi connectivity index (χ1n) is 9.09. The quantitative estimate of drug-likeness (QED) is 0.726. The van der Waals surface area contributed by atoms with E-state index in [1.54, 1.807) is 0 Å². The smallest absolute Gasteiger partial charge is 0.325 e. The number of ether oxygens (including phenoxy) is 1. The Kier molecular flexibility index (Phi) is 5.57. The second kappa shape index (κ2) is 7.79. The number of amides is 3. The number of aliphatic hydroxyl groups is 1. The zero-order chi connectivity index (χ0) is 21.3. The molecule has 29 heavy (non-hydrogen) atoms. The molecule has 3 rings (SSSR count). The van der Waals surface area contributed by atoms with Crippen molar-refractivity contribution >= 4 is 11.9 Å². The van der Waals surface area contributed by atoms with Crippen LogP contribution in [0.3, 0.4) is 0 Å². The van der Waals surface area contributed by atoms with E-state index in [4.69, 9.17) is 4.74 Å². The molecule has 2 N–H and O–H groups in total. The highest BCUT2D eigenvalue weighted by molar-refractivity contribution is 6.07. The fourth-order valence-electron chi connectivity index (χ4n) is 3.18. The van der Waals surface area contributed by atoms with Crippen molar-refractivity contribution in [2.24, 2.45) is 0 Å². The van der Waals surface area contributed by atoms with E-state index in [0.717, 1.165) is 28.2 Å². The van der Waals surface area contributed by atoms with Gasteiger partial charge in [-0.3, -0.25) is 9.69 Å². The van der Waals surface area contributed by atoms with Gasteiger partial charge in [-0.2, -0.15) is 0 Å². The Balaban J connectivity index is 1.69. The van der Waals surface area contributed by atoms with Gasteiger partial charge in [-0.1, -0.05) is 18.2 Å². The van der Waals surface area contributed by atoms with Gasteiger partial charge in [-0.25, -0.2) is 13.6 Å². The van der Waals surface area contributed by atoms with Crippen molar-refractivity contribution in [2.45, 2.75) is 32.4 Å². The molecule has 0 aromatic heterocycles. The molecule has 0 radical (unpaired) electrons. The van der Waals surface area contributed by atoms with Gasteiger partial charge >= 0.3 is 6.03 Å². The van der Waals surface area contributed by atoms with Crippen LogP contribution >= 0.6 is 0 Å². The topological polar surface area (TPSA) is 78.9 Å². The minimum Gasteiger partial charge on any atom is -0.491 e. The summed E-state index contributed by atoms with van der Waals surface area (Å²) < 4.78 is 32.4. The Labute approximate surface area is 167 Å². The Morgan fingerprint density at radius 1 is 1.14 bits per heavy atom. The molecule has 6 nitrogen and oxygen atoms in total. The lowest BCUT2D eigenvalue weighted by atomic mass is 9.92. The molecule has 8 heteroatoms. The average Bonchev–Trinajstić information content (AvgIpc) is 2.88. The molecule has 1 aliphatic heterocycles. The van der Waals surface area contributed by atoms with Crippen molar-refractivity contribution in [2.75, 3.05) is 13.2 Å². The van der Waals surface area contributed by atoms with Gasteiger partial charge in [0.25, 0.3) is 5.91 Å². The molecule has 1 heterocycles. The normalized spacial score (nSPS) is 20.0. The third-order valence-electron chi connectivity index (χ3n) is 4.94. The molecule has 2 aromatic carbocycles. The van der Waals surface area contributed by atoms with Crippen molar-refractivity contribution in [1.82, 2.24) is 10.2 Å². The first-order valence-corrected chi connectivity index (χ1v) is 9.09. The van der Waals surface area contributed by atoms with Crippen LogP contribution in [0.1, 0.15) is 23.6 Å². The third kappa shape index (κ3) is 4.07. The van der Waals surface area contributed by atoms with Gasteiger partial charge in [0.1, 0.15) is 24.0 Å². The van der Waals surface area contributed by atoms with Gasteiger partial charge in [0.2, 0.25) is 0 Å². The van der Waals surface area contributed by atoms with Crippen LogP contribution in [0, 0.1) is 25.5 Å². The zero-order valence-corrected chi connectivity index (χ0v) is 16.3. The molecule has 1 saturated heterocycles. The Hall–Kier alpha value is -3.00. The number of β-amino-alcohol motifs (C(OH)–C–C–N with tert-alkyl or cyclic N) is 1. The predicted octanol–water partition coefficient (Wildman–Crippen LogP) is 2.79. The van der Waals surface area contributed by atoms with Crippen molar-refractivity contribution in [3.63, 3.8) is 0 Å². The molecule has 2 atom stereocenters. The fourth-order valence-corrected chi connectivity index (χ4v) is 3.18. The number of urea groups is 1. The van der Waals surface area contributed by atoms with E-state index in [1.807, 2.05) is 32.0 Å². The maximum absolute atomic E-state index is 13.6. The lowest BCUT2D eigenvalue weighted by Gasteiger charge is -2.23. The van der Waals surface area contributed by atoms with Gasteiger partial charge < -0.3 is 15.2 Å². The summed E-state index contributed by atoms with van der Waals surface area (Å²) in [6.45, 7) is 4.76. The summed E-state index contributed by atoms with van der Waals surface area (Å²) in [4.78, 5) is 26.0. The number of hydrogen-bond donors (Lipinski definition) is 2. The molecule has 154 valence electrons. The summed E-state index contributed by atoms with van der Waals surface area (Å²) >= 11 is 0. The molecule has 2 unspecified atom stereocenters. The van der Waals surface area contributed by atoms with Gasteiger partial charge in [-0.15, -0.1) is 0 Å². The molecule has 1 fully saturated rings. The summed E-state index contributed by atoms with van der Waals surface area (Å²) in [5.41, 5.74) is 0.442. The molecule has 0 aliphatic carbocycles. The average molecular weight is 404 g/mol. The number of rotatable bonds is 6.